The van der Waals surface area contributed by atoms with Crippen LogP contribution in [-0.4, -0.2) is 40.7 Å². The van der Waals surface area contributed by atoms with Crippen molar-refractivity contribution in [1.29, 1.82) is 0 Å². The first-order valence-corrected chi connectivity index (χ1v) is 7.71. The maximum absolute atomic E-state index is 12.6. The molecule has 2 aromatic rings. The number of hydrogen-bond donors (Lipinski definition) is 2. The summed E-state index contributed by atoms with van der Waals surface area (Å²) in [5.74, 6) is 0.100. The number of nitrogens with one attached hydrogen (secondary N) is 2. The molecule has 2 N–H and O–H groups in total. The van der Waals surface area contributed by atoms with Gasteiger partial charge in [0.1, 0.15) is 0 Å². The van der Waals surface area contributed by atoms with Crippen molar-refractivity contribution in [1.82, 2.24) is 15.2 Å². The Bertz CT molecular complexity index is 779. The molecule has 0 bridgehead atoms. The van der Waals surface area contributed by atoms with Crippen molar-refractivity contribution in [2.75, 3.05) is 7.05 Å². The number of aromatic nitrogens is 1. The third-order valence-electron chi connectivity index (χ3n) is 5.08. The van der Waals surface area contributed by atoms with Crippen LogP contribution in [0.2, 0.25) is 0 Å². The van der Waals surface area contributed by atoms with Crippen LogP contribution in [0.4, 0.5) is 0 Å². The molecule has 1 saturated heterocycles. The van der Waals surface area contributed by atoms with Crippen molar-refractivity contribution in [2.24, 2.45) is 0 Å². The molecule has 22 heavy (non-hydrogen) atoms. The van der Waals surface area contributed by atoms with E-state index in [1.54, 1.807) is 18.9 Å². The number of Topliss-reactive ketones (excluding diaryl/α,β-unsaturated/α-hetero) is 1. The number of aromatic amines is 1. The number of nitrogens with zero attached hydrogens (tertiary/aromatic N) is 1. The highest BCUT2D eigenvalue weighted by Crippen LogP contribution is 2.43. The van der Waals surface area contributed by atoms with E-state index < -0.39 is 0 Å². The van der Waals surface area contributed by atoms with Crippen LogP contribution in [-0.2, 0) is 16.0 Å². The van der Waals surface area contributed by atoms with Crippen LogP contribution in [0.15, 0.2) is 24.3 Å². The van der Waals surface area contributed by atoms with E-state index in [-0.39, 0.29) is 29.8 Å². The number of amides is 1. The highest BCUT2D eigenvalue weighted by molar-refractivity contribution is 5.94. The van der Waals surface area contributed by atoms with Crippen molar-refractivity contribution < 1.29 is 9.59 Å². The minimum Gasteiger partial charge on any atom is -0.356 e. The number of benzene rings is 1. The van der Waals surface area contributed by atoms with Gasteiger partial charge < -0.3 is 15.2 Å². The second-order valence-corrected chi connectivity index (χ2v) is 6.23. The van der Waals surface area contributed by atoms with Crippen molar-refractivity contribution >= 4 is 22.6 Å². The number of H-pyrrole nitrogens is 1. The zero-order valence-corrected chi connectivity index (χ0v) is 12.7. The molecule has 3 atom stereocenters. The second-order valence-electron chi connectivity index (χ2n) is 6.23. The summed E-state index contributed by atoms with van der Waals surface area (Å²) in [5.41, 5.74) is 3.38. The summed E-state index contributed by atoms with van der Waals surface area (Å²) in [6.45, 7) is 1.58. The summed E-state index contributed by atoms with van der Waals surface area (Å²) in [7, 11) is 1.80. The van der Waals surface area contributed by atoms with Crippen LogP contribution in [0.1, 0.15) is 30.6 Å². The summed E-state index contributed by atoms with van der Waals surface area (Å²) < 4.78 is 0. The highest BCUT2D eigenvalue weighted by atomic mass is 16.2. The maximum Gasteiger partial charge on any atom is 0.240 e. The number of hydrogen-bond acceptors (Lipinski definition) is 3. The van der Waals surface area contributed by atoms with Gasteiger partial charge in [0.2, 0.25) is 5.91 Å². The second kappa shape index (κ2) is 4.68. The Balaban J connectivity index is 1.91. The summed E-state index contributed by atoms with van der Waals surface area (Å²) in [4.78, 5) is 30.0. The summed E-state index contributed by atoms with van der Waals surface area (Å²) in [6.07, 6.45) is 1.31. The molecule has 0 spiro atoms. The van der Waals surface area contributed by atoms with Crippen molar-refractivity contribution in [3.63, 3.8) is 0 Å². The first kappa shape index (κ1) is 13.5. The Kier molecular flexibility index (Phi) is 2.87. The molecule has 0 radical (unpaired) electrons. The Labute approximate surface area is 128 Å². The molecule has 1 aromatic heterocycles. The molecule has 4 rings (SSSR count). The molecule has 2 aliphatic rings. The van der Waals surface area contributed by atoms with Crippen LogP contribution in [0.5, 0.6) is 0 Å². The van der Waals surface area contributed by atoms with Gasteiger partial charge in [-0.2, -0.15) is 0 Å². The molecule has 114 valence electrons. The lowest BCUT2D eigenvalue weighted by molar-refractivity contribution is -0.139. The fraction of sp³-hybridized carbons (Fsp3) is 0.412. The Morgan fingerprint density at radius 3 is 2.86 bits per heavy atom. The summed E-state index contributed by atoms with van der Waals surface area (Å²) in [5, 5.41) is 4.25. The van der Waals surface area contributed by atoms with Gasteiger partial charge in [0.15, 0.2) is 5.78 Å². The number of fused-ring (bicyclic) bond motifs is 5. The third-order valence-corrected chi connectivity index (χ3v) is 5.08. The molecule has 1 amide bonds. The van der Waals surface area contributed by atoms with Crippen LogP contribution in [0.3, 0.4) is 0 Å². The van der Waals surface area contributed by atoms with Crippen molar-refractivity contribution in [2.45, 2.75) is 37.9 Å². The number of likely N-dealkylation sites (N-methyl/N-ethyl adjacent to an activating group) is 1. The minimum atomic E-state index is -0.345. The van der Waals surface area contributed by atoms with E-state index in [2.05, 4.69) is 16.4 Å². The molecule has 1 fully saturated rings. The number of ketones is 1. The van der Waals surface area contributed by atoms with Crippen LogP contribution < -0.4 is 5.32 Å². The summed E-state index contributed by atoms with van der Waals surface area (Å²) in [6, 6.07) is 7.57. The smallest absolute Gasteiger partial charge is 0.240 e. The van der Waals surface area contributed by atoms with Crippen LogP contribution in [0, 0.1) is 0 Å². The SMILES string of the molecule is CNC1CC2c3[nH]c4ccccc4c3CC(C(C)=O)N2C1=O. The summed E-state index contributed by atoms with van der Waals surface area (Å²) >= 11 is 0. The molecular formula is C17H19N3O2. The zero-order valence-electron chi connectivity index (χ0n) is 12.7. The molecule has 5 heteroatoms. The molecule has 0 saturated carbocycles. The van der Waals surface area contributed by atoms with Crippen molar-refractivity contribution in [3.8, 4) is 0 Å². The molecule has 3 unspecified atom stereocenters. The lowest BCUT2D eigenvalue weighted by Gasteiger charge is -2.36. The average Bonchev–Trinajstić information content (AvgIpc) is 3.04. The standard InChI is InChI=1S/C17H19N3O2/c1-9(21)14-7-11-10-5-3-4-6-12(10)19-16(11)15-8-13(18-2)17(22)20(14)15/h3-6,13-15,18-19H,7-8H2,1-2H3. The van der Waals surface area contributed by atoms with Gasteiger partial charge in [0.05, 0.1) is 18.1 Å². The molecule has 0 aliphatic carbocycles. The number of rotatable bonds is 2. The topological polar surface area (TPSA) is 65.2 Å². The van der Waals surface area contributed by atoms with Gasteiger partial charge >= 0.3 is 0 Å². The molecule has 5 nitrogen and oxygen atoms in total. The van der Waals surface area contributed by atoms with Gasteiger partial charge in [0.25, 0.3) is 0 Å². The predicted octanol–water partition coefficient (Wildman–Crippen LogP) is 1.54. The first-order valence-electron chi connectivity index (χ1n) is 7.71. The van der Waals surface area contributed by atoms with Gasteiger partial charge in [-0.15, -0.1) is 0 Å². The van der Waals surface area contributed by atoms with Gasteiger partial charge in [-0.3, -0.25) is 9.59 Å². The van der Waals surface area contributed by atoms with E-state index in [0.29, 0.717) is 12.8 Å². The number of carbonyl (C=O) groups excluding carboxylic acids is 2. The molecule has 1 aromatic carbocycles. The molecule has 2 aliphatic heterocycles. The van der Waals surface area contributed by atoms with Crippen molar-refractivity contribution in [3.05, 3.63) is 35.5 Å². The minimum absolute atomic E-state index is 0.0324. The number of para-hydroxylation sites is 1. The van der Waals surface area contributed by atoms with Crippen LogP contribution in [0.25, 0.3) is 10.9 Å². The first-order chi connectivity index (χ1) is 10.6. The van der Waals surface area contributed by atoms with E-state index >= 15 is 0 Å². The Morgan fingerprint density at radius 2 is 2.14 bits per heavy atom. The van der Waals surface area contributed by atoms with E-state index in [9.17, 15) is 9.59 Å². The third kappa shape index (κ3) is 1.69. The van der Waals surface area contributed by atoms with E-state index in [1.165, 1.54) is 10.9 Å². The normalized spacial score (nSPS) is 27.1. The Morgan fingerprint density at radius 1 is 1.36 bits per heavy atom. The van der Waals surface area contributed by atoms with E-state index in [0.717, 1.165) is 11.2 Å². The Hall–Kier alpha value is -2.14. The lowest BCUT2D eigenvalue weighted by Crippen LogP contribution is -2.49. The highest BCUT2D eigenvalue weighted by Gasteiger charge is 2.48. The van der Waals surface area contributed by atoms with Gasteiger partial charge in [-0.05, 0) is 32.0 Å². The zero-order chi connectivity index (χ0) is 15.4. The quantitative estimate of drug-likeness (QED) is 0.884. The lowest BCUT2D eigenvalue weighted by atomic mass is 9.90. The maximum atomic E-state index is 12.6. The van der Waals surface area contributed by atoms with Gasteiger partial charge in [-0.1, -0.05) is 18.2 Å². The number of carbonyl (C=O) groups is 2. The van der Waals surface area contributed by atoms with Gasteiger partial charge in [0, 0.05) is 23.0 Å². The van der Waals surface area contributed by atoms with Gasteiger partial charge in [-0.25, -0.2) is 0 Å². The largest absolute Gasteiger partial charge is 0.356 e. The van der Waals surface area contributed by atoms with E-state index in [1.807, 2.05) is 18.2 Å². The molecular weight excluding hydrogens is 278 g/mol. The monoisotopic (exact) mass is 297 g/mol. The fourth-order valence-corrected chi connectivity index (χ4v) is 4.00. The fourth-order valence-electron chi connectivity index (χ4n) is 4.00. The van der Waals surface area contributed by atoms with E-state index in [4.69, 9.17) is 0 Å². The molecule has 3 heterocycles. The van der Waals surface area contributed by atoms with Crippen LogP contribution >= 0.6 is 0 Å². The predicted molar refractivity (Wildman–Crippen MR) is 83.5 cm³/mol. The average molecular weight is 297 g/mol.